The summed E-state index contributed by atoms with van der Waals surface area (Å²) in [7, 11) is 1.79. The molecule has 0 spiro atoms. The summed E-state index contributed by atoms with van der Waals surface area (Å²) in [5.41, 5.74) is 0. The van der Waals surface area contributed by atoms with Crippen molar-refractivity contribution in [2.24, 2.45) is 0 Å². The molecule has 0 aromatic rings. The molecule has 1 rings (SSSR count). The molecule has 1 heterocycles. The molecular weight excluding hydrogens is 162 g/mol. The molecular formula is C11H25NO. The van der Waals surface area contributed by atoms with E-state index in [-0.39, 0.29) is 0 Å². The second kappa shape index (κ2) is 8.52. The molecule has 0 N–H and O–H groups in total. The third-order valence-electron chi connectivity index (χ3n) is 2.37. The quantitative estimate of drug-likeness (QED) is 0.670. The van der Waals surface area contributed by atoms with E-state index in [0.717, 1.165) is 6.61 Å². The van der Waals surface area contributed by atoms with Gasteiger partial charge in [-0.25, -0.2) is 0 Å². The largest absolute Gasteiger partial charge is 0.383 e. The lowest BCUT2D eigenvalue weighted by atomic mass is 10.2. The summed E-state index contributed by atoms with van der Waals surface area (Å²) in [6.07, 6.45) is 3.95. The minimum Gasteiger partial charge on any atom is -0.383 e. The lowest BCUT2D eigenvalue weighted by Gasteiger charge is -2.22. The molecule has 1 saturated heterocycles. The molecule has 80 valence electrons. The Bertz CT molecular complexity index is 94.3. The molecule has 2 heteroatoms. The third-order valence-corrected chi connectivity index (χ3v) is 2.37. The highest BCUT2D eigenvalue weighted by Crippen LogP contribution is 2.16. The SMILES string of the molecule is CC.CCCN1CCCC1COC. The molecule has 1 atom stereocenters. The third kappa shape index (κ3) is 4.63. The van der Waals surface area contributed by atoms with E-state index in [1.165, 1.54) is 32.4 Å². The van der Waals surface area contributed by atoms with Crippen LogP contribution in [0.15, 0.2) is 0 Å². The number of methoxy groups -OCH3 is 1. The lowest BCUT2D eigenvalue weighted by molar-refractivity contribution is 0.115. The van der Waals surface area contributed by atoms with Gasteiger partial charge in [0.15, 0.2) is 0 Å². The predicted octanol–water partition coefficient (Wildman–Crippen LogP) is 2.53. The number of hydrogen-bond acceptors (Lipinski definition) is 2. The Labute approximate surface area is 83.3 Å². The van der Waals surface area contributed by atoms with Gasteiger partial charge in [-0.1, -0.05) is 20.8 Å². The highest BCUT2D eigenvalue weighted by Gasteiger charge is 2.22. The van der Waals surface area contributed by atoms with Crippen LogP contribution in [0.3, 0.4) is 0 Å². The van der Waals surface area contributed by atoms with E-state index in [9.17, 15) is 0 Å². The highest BCUT2D eigenvalue weighted by molar-refractivity contribution is 4.77. The number of likely N-dealkylation sites (tertiary alicyclic amines) is 1. The van der Waals surface area contributed by atoms with Crippen LogP contribution < -0.4 is 0 Å². The molecule has 0 aromatic heterocycles. The fourth-order valence-corrected chi connectivity index (χ4v) is 1.86. The van der Waals surface area contributed by atoms with Gasteiger partial charge in [0.25, 0.3) is 0 Å². The van der Waals surface area contributed by atoms with E-state index >= 15 is 0 Å². The summed E-state index contributed by atoms with van der Waals surface area (Å²) in [4.78, 5) is 2.55. The van der Waals surface area contributed by atoms with Crippen molar-refractivity contribution >= 4 is 0 Å². The second-order valence-corrected chi connectivity index (χ2v) is 3.29. The smallest absolute Gasteiger partial charge is 0.0618 e. The van der Waals surface area contributed by atoms with Crippen LogP contribution in [-0.4, -0.2) is 37.7 Å². The minimum absolute atomic E-state index is 0.708. The summed E-state index contributed by atoms with van der Waals surface area (Å²) in [6, 6.07) is 0.708. The van der Waals surface area contributed by atoms with Crippen molar-refractivity contribution in [1.82, 2.24) is 4.90 Å². The molecule has 0 saturated carbocycles. The predicted molar refractivity (Wildman–Crippen MR) is 58.1 cm³/mol. The van der Waals surface area contributed by atoms with E-state index in [2.05, 4.69) is 11.8 Å². The molecule has 0 amide bonds. The number of nitrogens with zero attached hydrogens (tertiary/aromatic N) is 1. The monoisotopic (exact) mass is 187 g/mol. The van der Waals surface area contributed by atoms with E-state index in [1.54, 1.807) is 7.11 Å². The van der Waals surface area contributed by atoms with Gasteiger partial charge in [0.2, 0.25) is 0 Å². The van der Waals surface area contributed by atoms with Gasteiger partial charge in [0, 0.05) is 13.2 Å². The van der Waals surface area contributed by atoms with Crippen LogP contribution in [0.4, 0.5) is 0 Å². The van der Waals surface area contributed by atoms with E-state index < -0.39 is 0 Å². The summed E-state index contributed by atoms with van der Waals surface area (Å²) >= 11 is 0. The zero-order chi connectivity index (χ0) is 10.1. The number of hydrogen-bond donors (Lipinski definition) is 0. The molecule has 1 unspecified atom stereocenters. The zero-order valence-corrected chi connectivity index (χ0v) is 9.68. The molecule has 2 nitrogen and oxygen atoms in total. The van der Waals surface area contributed by atoms with Crippen LogP contribution >= 0.6 is 0 Å². The molecule has 0 bridgehead atoms. The first kappa shape index (κ1) is 12.9. The van der Waals surface area contributed by atoms with Gasteiger partial charge in [-0.05, 0) is 32.4 Å². The Morgan fingerprint density at radius 2 is 2.08 bits per heavy atom. The number of rotatable bonds is 4. The Kier molecular flexibility index (Phi) is 8.46. The van der Waals surface area contributed by atoms with E-state index in [1.807, 2.05) is 13.8 Å². The Morgan fingerprint density at radius 3 is 2.62 bits per heavy atom. The summed E-state index contributed by atoms with van der Waals surface area (Å²) in [5.74, 6) is 0. The molecule has 0 aliphatic carbocycles. The molecule has 1 aliphatic heterocycles. The van der Waals surface area contributed by atoms with Gasteiger partial charge in [-0.15, -0.1) is 0 Å². The number of ether oxygens (including phenoxy) is 1. The van der Waals surface area contributed by atoms with Crippen LogP contribution in [0.5, 0.6) is 0 Å². The van der Waals surface area contributed by atoms with Gasteiger partial charge in [0.1, 0.15) is 0 Å². The van der Waals surface area contributed by atoms with E-state index in [4.69, 9.17) is 4.74 Å². The molecule has 1 aliphatic rings. The van der Waals surface area contributed by atoms with Crippen molar-refractivity contribution in [3.63, 3.8) is 0 Å². The summed E-state index contributed by atoms with van der Waals surface area (Å²) < 4.78 is 5.16. The molecule has 13 heavy (non-hydrogen) atoms. The first-order valence-electron chi connectivity index (χ1n) is 5.61. The van der Waals surface area contributed by atoms with Gasteiger partial charge in [-0.2, -0.15) is 0 Å². The van der Waals surface area contributed by atoms with Gasteiger partial charge in [0.05, 0.1) is 6.61 Å². The first-order valence-corrected chi connectivity index (χ1v) is 5.61. The van der Waals surface area contributed by atoms with Crippen molar-refractivity contribution in [2.75, 3.05) is 26.8 Å². The minimum atomic E-state index is 0.708. The Hall–Kier alpha value is -0.0800. The average Bonchev–Trinajstić information content (AvgIpc) is 2.58. The van der Waals surface area contributed by atoms with Crippen LogP contribution in [-0.2, 0) is 4.74 Å². The maximum absolute atomic E-state index is 5.16. The van der Waals surface area contributed by atoms with Crippen molar-refractivity contribution in [3.8, 4) is 0 Å². The zero-order valence-electron chi connectivity index (χ0n) is 9.68. The van der Waals surface area contributed by atoms with Crippen molar-refractivity contribution in [3.05, 3.63) is 0 Å². The van der Waals surface area contributed by atoms with Crippen LogP contribution in [0, 0.1) is 0 Å². The first-order chi connectivity index (χ1) is 6.38. The fourth-order valence-electron chi connectivity index (χ4n) is 1.86. The lowest BCUT2D eigenvalue weighted by Crippen LogP contribution is -2.33. The Balaban J connectivity index is 0.000000671. The van der Waals surface area contributed by atoms with E-state index in [0.29, 0.717) is 6.04 Å². The van der Waals surface area contributed by atoms with Crippen molar-refractivity contribution < 1.29 is 4.74 Å². The maximum atomic E-state index is 5.16. The van der Waals surface area contributed by atoms with Crippen LogP contribution in [0.2, 0.25) is 0 Å². The topological polar surface area (TPSA) is 12.5 Å². The fraction of sp³-hybridized carbons (Fsp3) is 1.00. The second-order valence-electron chi connectivity index (χ2n) is 3.29. The van der Waals surface area contributed by atoms with Gasteiger partial charge < -0.3 is 4.74 Å². The molecule has 0 radical (unpaired) electrons. The highest BCUT2D eigenvalue weighted by atomic mass is 16.5. The van der Waals surface area contributed by atoms with Gasteiger partial charge in [-0.3, -0.25) is 4.90 Å². The average molecular weight is 187 g/mol. The molecule has 1 fully saturated rings. The Morgan fingerprint density at radius 1 is 1.38 bits per heavy atom. The van der Waals surface area contributed by atoms with Crippen LogP contribution in [0.1, 0.15) is 40.0 Å². The van der Waals surface area contributed by atoms with Crippen LogP contribution in [0.25, 0.3) is 0 Å². The summed E-state index contributed by atoms with van der Waals surface area (Å²) in [5, 5.41) is 0. The maximum Gasteiger partial charge on any atom is 0.0618 e. The van der Waals surface area contributed by atoms with Crippen molar-refractivity contribution in [2.45, 2.75) is 46.1 Å². The standard InChI is InChI=1S/C9H19NO.C2H6/c1-3-6-10-7-4-5-9(10)8-11-2;1-2/h9H,3-8H2,1-2H3;1-2H3. The normalized spacial score (nSPS) is 22.6. The van der Waals surface area contributed by atoms with Gasteiger partial charge >= 0.3 is 0 Å². The molecule has 0 aromatic carbocycles. The van der Waals surface area contributed by atoms with Crippen molar-refractivity contribution in [1.29, 1.82) is 0 Å². The summed E-state index contributed by atoms with van der Waals surface area (Å²) in [6.45, 7) is 9.68.